The number of carbonyl (C=O) groups excluding carboxylic acids is 1. The van der Waals surface area contributed by atoms with E-state index >= 15 is 0 Å². The Morgan fingerprint density at radius 1 is 1.16 bits per heavy atom. The molecule has 0 aliphatic heterocycles. The molecule has 31 heavy (non-hydrogen) atoms. The molecule has 0 atom stereocenters. The van der Waals surface area contributed by atoms with Gasteiger partial charge in [-0.1, -0.05) is 0 Å². The molecular formula is C19H20BrF4N5O2. The molecule has 0 saturated carbocycles. The maximum Gasteiger partial charge on any atom is 0.286 e. The van der Waals surface area contributed by atoms with Crippen molar-refractivity contribution in [3.05, 3.63) is 57.0 Å². The van der Waals surface area contributed by atoms with E-state index < -0.39 is 30.1 Å². The number of alkyl halides is 4. The molecule has 0 radical (unpaired) electrons. The molecule has 168 valence electrons. The average molecular weight is 506 g/mol. The molecule has 0 fully saturated rings. The van der Waals surface area contributed by atoms with Gasteiger partial charge in [0.15, 0.2) is 5.76 Å². The van der Waals surface area contributed by atoms with Crippen molar-refractivity contribution in [3.8, 4) is 0 Å². The van der Waals surface area contributed by atoms with Crippen LogP contribution in [0.3, 0.4) is 0 Å². The smallest absolute Gasteiger partial charge is 0.286 e. The van der Waals surface area contributed by atoms with Crippen LogP contribution in [0.15, 0.2) is 27.1 Å². The maximum atomic E-state index is 13.1. The van der Waals surface area contributed by atoms with Gasteiger partial charge >= 0.3 is 0 Å². The van der Waals surface area contributed by atoms with Crippen LogP contribution in [0.25, 0.3) is 0 Å². The van der Waals surface area contributed by atoms with Gasteiger partial charge in [0, 0.05) is 18.8 Å². The summed E-state index contributed by atoms with van der Waals surface area (Å²) in [7, 11) is 0. The van der Waals surface area contributed by atoms with Crippen molar-refractivity contribution < 1.29 is 26.8 Å². The number of aromatic nitrogens is 4. The Balaban J connectivity index is 1.55. The maximum absolute atomic E-state index is 13.1. The zero-order valence-electron chi connectivity index (χ0n) is 16.7. The highest BCUT2D eigenvalue weighted by Gasteiger charge is 2.22. The number of amides is 1. The molecule has 0 bridgehead atoms. The lowest BCUT2D eigenvalue weighted by molar-refractivity contribution is 0.0922. The van der Waals surface area contributed by atoms with E-state index in [0.29, 0.717) is 25.6 Å². The van der Waals surface area contributed by atoms with Gasteiger partial charge in [0.25, 0.3) is 18.8 Å². The Labute approximate surface area is 183 Å². The largest absolute Gasteiger partial charge is 0.454 e. The monoisotopic (exact) mass is 505 g/mol. The Kier molecular flexibility index (Phi) is 7.19. The molecule has 0 aromatic carbocycles. The van der Waals surface area contributed by atoms with E-state index in [1.165, 1.54) is 12.1 Å². The van der Waals surface area contributed by atoms with Gasteiger partial charge in [-0.15, -0.1) is 0 Å². The van der Waals surface area contributed by atoms with E-state index in [-0.39, 0.29) is 18.1 Å². The Hall–Kier alpha value is -2.63. The van der Waals surface area contributed by atoms with Gasteiger partial charge in [-0.05, 0) is 54.4 Å². The predicted molar refractivity (Wildman–Crippen MR) is 106 cm³/mol. The van der Waals surface area contributed by atoms with E-state index in [4.69, 9.17) is 4.42 Å². The highest BCUT2D eigenvalue weighted by atomic mass is 79.9. The molecule has 0 spiro atoms. The van der Waals surface area contributed by atoms with Crippen LogP contribution in [0.4, 0.5) is 17.6 Å². The highest BCUT2D eigenvalue weighted by Crippen LogP contribution is 2.26. The second-order valence-corrected chi connectivity index (χ2v) is 7.63. The summed E-state index contributed by atoms with van der Waals surface area (Å²) in [6, 6.07) is 3.47. The molecule has 12 heteroatoms. The molecule has 0 aliphatic carbocycles. The molecule has 3 rings (SSSR count). The number of hydrogen-bond donors (Lipinski definition) is 1. The van der Waals surface area contributed by atoms with Gasteiger partial charge < -0.3 is 9.73 Å². The zero-order chi connectivity index (χ0) is 22.7. The second kappa shape index (κ2) is 9.67. The van der Waals surface area contributed by atoms with Gasteiger partial charge in [0.1, 0.15) is 17.1 Å². The summed E-state index contributed by atoms with van der Waals surface area (Å²) in [6.07, 6.45) is -5.30. The lowest BCUT2D eigenvalue weighted by Crippen LogP contribution is -2.25. The normalized spacial score (nSPS) is 11.6. The minimum Gasteiger partial charge on any atom is -0.454 e. The minimum absolute atomic E-state index is 0.0105. The number of furan rings is 1. The average Bonchev–Trinajstić information content (AvgIpc) is 3.41. The number of aryl methyl sites for hydroxylation is 2. The van der Waals surface area contributed by atoms with Crippen LogP contribution in [-0.4, -0.2) is 32.0 Å². The first-order valence-electron chi connectivity index (χ1n) is 9.37. The summed E-state index contributed by atoms with van der Waals surface area (Å²) in [5.41, 5.74) is 0.497. The number of halogens is 5. The van der Waals surface area contributed by atoms with Crippen molar-refractivity contribution >= 4 is 21.8 Å². The number of nitrogens with one attached hydrogen (secondary N) is 1. The lowest BCUT2D eigenvalue weighted by atomic mass is 10.3. The fraction of sp³-hybridized carbons (Fsp3) is 0.421. The van der Waals surface area contributed by atoms with Crippen LogP contribution in [0, 0.1) is 13.8 Å². The third-order valence-electron chi connectivity index (χ3n) is 4.59. The summed E-state index contributed by atoms with van der Waals surface area (Å²) in [6.45, 7) is 4.52. The van der Waals surface area contributed by atoms with Crippen LogP contribution in [0.5, 0.6) is 0 Å². The fourth-order valence-electron chi connectivity index (χ4n) is 3.00. The fourth-order valence-corrected chi connectivity index (χ4v) is 3.29. The van der Waals surface area contributed by atoms with Gasteiger partial charge in [0.2, 0.25) is 0 Å². The highest BCUT2D eigenvalue weighted by molar-refractivity contribution is 9.10. The van der Waals surface area contributed by atoms with E-state index in [2.05, 4.69) is 31.4 Å². The number of nitrogens with zero attached hydrogens (tertiary/aromatic N) is 4. The van der Waals surface area contributed by atoms with E-state index in [1.54, 1.807) is 0 Å². The molecule has 0 saturated heterocycles. The molecule has 3 aromatic rings. The SMILES string of the molecule is Cc1nn(CCCNC(=O)c2ccc(Cn3nc(C(F)F)cc3C(F)F)o2)c(C)c1Br. The number of hydrogen-bond acceptors (Lipinski definition) is 4. The first-order chi connectivity index (χ1) is 14.7. The topological polar surface area (TPSA) is 77.9 Å². The predicted octanol–water partition coefficient (Wildman–Crippen LogP) is 4.80. The summed E-state index contributed by atoms with van der Waals surface area (Å²) < 4.78 is 60.6. The van der Waals surface area contributed by atoms with E-state index in [0.717, 1.165) is 20.5 Å². The van der Waals surface area contributed by atoms with Crippen LogP contribution >= 0.6 is 15.9 Å². The van der Waals surface area contributed by atoms with Crippen molar-refractivity contribution in [1.82, 2.24) is 24.9 Å². The second-order valence-electron chi connectivity index (χ2n) is 6.84. The third kappa shape index (κ3) is 5.35. The van der Waals surface area contributed by atoms with Crippen LogP contribution in [0.1, 0.15) is 58.4 Å². The Morgan fingerprint density at radius 2 is 1.90 bits per heavy atom. The van der Waals surface area contributed by atoms with Crippen molar-refractivity contribution in [3.63, 3.8) is 0 Å². The number of rotatable bonds is 9. The first kappa shape index (κ1) is 23.0. The quantitative estimate of drug-likeness (QED) is 0.334. The zero-order valence-corrected chi connectivity index (χ0v) is 18.3. The molecule has 1 N–H and O–H groups in total. The summed E-state index contributed by atoms with van der Waals surface area (Å²) >= 11 is 3.46. The standard InChI is InChI=1S/C19H20BrF4N5O2/c1-10-16(20)11(2)28(26-10)7-3-6-25-19(30)15-5-4-12(31-15)9-29-14(18(23)24)8-13(27-29)17(21)22/h4-5,8,17-18H,3,6-7,9H2,1-2H3,(H,25,30). The van der Waals surface area contributed by atoms with E-state index in [1.807, 2.05) is 18.5 Å². The molecule has 3 heterocycles. The molecule has 1 amide bonds. The van der Waals surface area contributed by atoms with Gasteiger partial charge in [-0.3, -0.25) is 14.2 Å². The van der Waals surface area contributed by atoms with Gasteiger partial charge in [-0.25, -0.2) is 17.6 Å². The summed E-state index contributed by atoms with van der Waals surface area (Å²) in [5, 5.41) is 10.6. The Morgan fingerprint density at radius 3 is 2.52 bits per heavy atom. The van der Waals surface area contributed by atoms with Gasteiger partial charge in [-0.2, -0.15) is 10.2 Å². The molecular weight excluding hydrogens is 486 g/mol. The number of carbonyl (C=O) groups is 1. The van der Waals surface area contributed by atoms with Crippen LogP contribution in [-0.2, 0) is 13.1 Å². The van der Waals surface area contributed by atoms with Crippen molar-refractivity contribution in [2.24, 2.45) is 0 Å². The first-order valence-corrected chi connectivity index (χ1v) is 10.2. The molecule has 0 unspecified atom stereocenters. The minimum atomic E-state index is -2.97. The molecule has 3 aromatic heterocycles. The van der Waals surface area contributed by atoms with Crippen LogP contribution < -0.4 is 5.32 Å². The summed E-state index contributed by atoms with van der Waals surface area (Å²) in [4.78, 5) is 12.2. The van der Waals surface area contributed by atoms with Crippen LogP contribution in [0.2, 0.25) is 0 Å². The van der Waals surface area contributed by atoms with Gasteiger partial charge in [0.05, 0.1) is 16.7 Å². The lowest BCUT2D eigenvalue weighted by Gasteiger charge is -2.06. The third-order valence-corrected chi connectivity index (χ3v) is 5.74. The van der Waals surface area contributed by atoms with Crippen molar-refractivity contribution in [2.75, 3.05) is 6.54 Å². The molecule has 0 aliphatic rings. The van der Waals surface area contributed by atoms with Crippen molar-refractivity contribution in [1.29, 1.82) is 0 Å². The molecule has 7 nitrogen and oxygen atoms in total. The van der Waals surface area contributed by atoms with E-state index in [9.17, 15) is 22.4 Å². The Bertz CT molecular complexity index is 1060. The summed E-state index contributed by atoms with van der Waals surface area (Å²) in [5.74, 6) is -0.337. The van der Waals surface area contributed by atoms with Crippen molar-refractivity contribution in [2.45, 2.75) is 46.2 Å².